The number of nitrogens with zero attached hydrogens (tertiary/aromatic N) is 1. The molecule has 0 amide bonds. The molecule has 11 heavy (non-hydrogen) atoms. The Hall–Kier alpha value is -1.20. The number of nitrogen functional groups attached to an aromatic ring is 1. The van der Waals surface area contributed by atoms with E-state index in [-0.39, 0.29) is 0 Å². The highest BCUT2D eigenvalue weighted by molar-refractivity contribution is 6.33. The number of halogens is 1. The average molecular weight is 167 g/mol. The Kier molecular flexibility index (Phi) is 2.35. The van der Waals surface area contributed by atoms with Crippen LogP contribution in [-0.2, 0) is 6.42 Å². The molecule has 0 atom stereocenters. The van der Waals surface area contributed by atoms with Gasteiger partial charge in [-0.15, -0.1) is 0 Å². The fourth-order valence-corrected chi connectivity index (χ4v) is 1.01. The van der Waals surface area contributed by atoms with Crippen molar-refractivity contribution in [3.8, 4) is 6.07 Å². The molecule has 1 aromatic carbocycles. The van der Waals surface area contributed by atoms with Gasteiger partial charge in [-0.2, -0.15) is 5.26 Å². The molecule has 0 saturated carbocycles. The number of hydrogen-bond donors (Lipinski definition) is 1. The van der Waals surface area contributed by atoms with Crippen LogP contribution < -0.4 is 5.73 Å². The summed E-state index contributed by atoms with van der Waals surface area (Å²) >= 11 is 5.80. The van der Waals surface area contributed by atoms with Gasteiger partial charge in [0.1, 0.15) is 0 Å². The standard InChI is InChI=1S/C8H7ClN2/c9-8-6(4-5-10)2-1-3-7(8)11/h1-3H,4,11H2. The van der Waals surface area contributed by atoms with Crippen molar-refractivity contribution in [2.24, 2.45) is 0 Å². The van der Waals surface area contributed by atoms with Crippen molar-refractivity contribution in [3.63, 3.8) is 0 Å². The maximum Gasteiger partial charge on any atom is 0.0677 e. The molecule has 0 aliphatic carbocycles. The van der Waals surface area contributed by atoms with E-state index < -0.39 is 0 Å². The van der Waals surface area contributed by atoms with Gasteiger partial charge < -0.3 is 5.73 Å². The van der Waals surface area contributed by atoms with Crippen molar-refractivity contribution in [1.82, 2.24) is 0 Å². The van der Waals surface area contributed by atoms with E-state index in [2.05, 4.69) is 0 Å². The fraction of sp³-hybridized carbons (Fsp3) is 0.125. The zero-order valence-corrected chi connectivity index (χ0v) is 6.60. The fourth-order valence-electron chi connectivity index (χ4n) is 0.821. The average Bonchev–Trinajstić information content (AvgIpc) is 1.99. The van der Waals surface area contributed by atoms with Gasteiger partial charge in [0, 0.05) is 0 Å². The molecule has 2 nitrogen and oxygen atoms in total. The molecule has 2 N–H and O–H groups in total. The van der Waals surface area contributed by atoms with Crippen molar-refractivity contribution in [1.29, 1.82) is 5.26 Å². The molecule has 56 valence electrons. The highest BCUT2D eigenvalue weighted by atomic mass is 35.5. The molecule has 0 aliphatic heterocycles. The van der Waals surface area contributed by atoms with Gasteiger partial charge in [-0.1, -0.05) is 23.7 Å². The Morgan fingerprint density at radius 2 is 2.27 bits per heavy atom. The zero-order chi connectivity index (χ0) is 8.27. The molecular weight excluding hydrogens is 160 g/mol. The van der Waals surface area contributed by atoms with Crippen LogP contribution in [0.3, 0.4) is 0 Å². The summed E-state index contributed by atoms with van der Waals surface area (Å²) in [5.74, 6) is 0. The number of nitrogens with two attached hydrogens (primary N) is 1. The molecule has 0 heterocycles. The smallest absolute Gasteiger partial charge is 0.0677 e. The van der Waals surface area contributed by atoms with Gasteiger partial charge in [0.05, 0.1) is 23.2 Å². The van der Waals surface area contributed by atoms with E-state index in [9.17, 15) is 0 Å². The number of rotatable bonds is 1. The van der Waals surface area contributed by atoms with E-state index in [1.54, 1.807) is 18.2 Å². The molecule has 0 saturated heterocycles. The first-order valence-corrected chi connectivity index (χ1v) is 3.53. The van der Waals surface area contributed by atoms with Gasteiger partial charge in [0.25, 0.3) is 0 Å². The van der Waals surface area contributed by atoms with Gasteiger partial charge in [0.2, 0.25) is 0 Å². The monoisotopic (exact) mass is 166 g/mol. The molecule has 1 aromatic rings. The Labute approximate surface area is 70.2 Å². The Balaban J connectivity index is 3.08. The van der Waals surface area contributed by atoms with Gasteiger partial charge >= 0.3 is 0 Å². The zero-order valence-electron chi connectivity index (χ0n) is 5.84. The molecule has 0 radical (unpaired) electrons. The molecule has 0 fully saturated rings. The van der Waals surface area contributed by atoms with Crippen LogP contribution in [0.15, 0.2) is 18.2 Å². The lowest BCUT2D eigenvalue weighted by atomic mass is 10.1. The summed E-state index contributed by atoms with van der Waals surface area (Å²) in [6, 6.07) is 7.30. The predicted octanol–water partition coefficient (Wildman–Crippen LogP) is 1.99. The van der Waals surface area contributed by atoms with E-state index >= 15 is 0 Å². The summed E-state index contributed by atoms with van der Waals surface area (Å²) in [7, 11) is 0. The molecule has 0 aliphatic rings. The van der Waals surface area contributed by atoms with Crippen molar-refractivity contribution >= 4 is 17.3 Å². The third-order valence-corrected chi connectivity index (χ3v) is 1.84. The second kappa shape index (κ2) is 3.27. The minimum atomic E-state index is 0.309. The van der Waals surface area contributed by atoms with Gasteiger partial charge in [-0.05, 0) is 11.6 Å². The lowest BCUT2D eigenvalue weighted by molar-refractivity contribution is 1.26. The number of anilines is 1. The van der Waals surface area contributed by atoms with Crippen LogP contribution in [0.5, 0.6) is 0 Å². The minimum absolute atomic E-state index is 0.309. The quantitative estimate of drug-likeness (QED) is 0.649. The van der Waals surface area contributed by atoms with Crippen molar-refractivity contribution in [2.75, 3.05) is 5.73 Å². The van der Waals surface area contributed by atoms with Crippen LogP contribution in [-0.4, -0.2) is 0 Å². The molecule has 3 heteroatoms. The molecular formula is C8H7ClN2. The summed E-state index contributed by atoms with van der Waals surface area (Å²) in [5, 5.41) is 8.88. The first-order valence-electron chi connectivity index (χ1n) is 3.15. The topological polar surface area (TPSA) is 49.8 Å². The highest BCUT2D eigenvalue weighted by Crippen LogP contribution is 2.22. The van der Waals surface area contributed by atoms with E-state index in [4.69, 9.17) is 22.6 Å². The predicted molar refractivity (Wildman–Crippen MR) is 45.2 cm³/mol. The number of benzene rings is 1. The normalized spacial score (nSPS) is 9.09. The molecule has 1 rings (SSSR count). The van der Waals surface area contributed by atoms with Crippen LogP contribution >= 0.6 is 11.6 Å². The second-order valence-electron chi connectivity index (χ2n) is 2.16. The van der Waals surface area contributed by atoms with Crippen molar-refractivity contribution in [2.45, 2.75) is 6.42 Å². The lowest BCUT2D eigenvalue weighted by Gasteiger charge is -2.00. The van der Waals surface area contributed by atoms with Crippen LogP contribution in [0.1, 0.15) is 5.56 Å². The molecule has 0 spiro atoms. The maximum atomic E-state index is 8.39. The highest BCUT2D eigenvalue weighted by Gasteiger charge is 2.01. The van der Waals surface area contributed by atoms with Crippen LogP contribution in [0, 0.1) is 11.3 Å². The Bertz CT molecular complexity index is 301. The van der Waals surface area contributed by atoms with Crippen molar-refractivity contribution < 1.29 is 0 Å². The summed E-state index contributed by atoms with van der Waals surface area (Å²) < 4.78 is 0. The summed E-state index contributed by atoms with van der Waals surface area (Å²) in [6.07, 6.45) is 0.309. The lowest BCUT2D eigenvalue weighted by Crippen LogP contribution is -1.90. The molecule has 0 unspecified atom stereocenters. The Morgan fingerprint density at radius 1 is 1.55 bits per heavy atom. The van der Waals surface area contributed by atoms with Crippen molar-refractivity contribution in [3.05, 3.63) is 28.8 Å². The molecule has 0 bridgehead atoms. The third kappa shape index (κ3) is 1.63. The maximum absolute atomic E-state index is 8.39. The summed E-state index contributed by atoms with van der Waals surface area (Å²) in [6.45, 7) is 0. The first-order chi connectivity index (χ1) is 5.25. The second-order valence-corrected chi connectivity index (χ2v) is 2.53. The van der Waals surface area contributed by atoms with Crippen LogP contribution in [0.4, 0.5) is 5.69 Å². The SMILES string of the molecule is N#CCc1cccc(N)c1Cl. The van der Waals surface area contributed by atoms with Gasteiger partial charge in [-0.3, -0.25) is 0 Å². The number of nitriles is 1. The van der Waals surface area contributed by atoms with Gasteiger partial charge in [0.15, 0.2) is 0 Å². The first kappa shape index (κ1) is 7.90. The number of hydrogen-bond acceptors (Lipinski definition) is 2. The van der Waals surface area contributed by atoms with E-state index in [0.29, 0.717) is 17.1 Å². The molecule has 0 aromatic heterocycles. The van der Waals surface area contributed by atoms with E-state index in [1.807, 2.05) is 6.07 Å². The Morgan fingerprint density at radius 3 is 2.91 bits per heavy atom. The summed E-state index contributed by atoms with van der Waals surface area (Å²) in [5.41, 5.74) is 6.82. The summed E-state index contributed by atoms with van der Waals surface area (Å²) in [4.78, 5) is 0. The van der Waals surface area contributed by atoms with Gasteiger partial charge in [-0.25, -0.2) is 0 Å². The van der Waals surface area contributed by atoms with E-state index in [0.717, 1.165) is 5.56 Å². The minimum Gasteiger partial charge on any atom is -0.398 e. The largest absolute Gasteiger partial charge is 0.398 e. The van der Waals surface area contributed by atoms with Crippen LogP contribution in [0.25, 0.3) is 0 Å². The van der Waals surface area contributed by atoms with Crippen LogP contribution in [0.2, 0.25) is 5.02 Å². The third-order valence-electron chi connectivity index (χ3n) is 1.38. The van der Waals surface area contributed by atoms with E-state index in [1.165, 1.54) is 0 Å².